The van der Waals surface area contributed by atoms with Crippen LogP contribution in [-0.2, 0) is 13.8 Å². The number of aliphatic hydroxyl groups excluding tert-OH is 2. The van der Waals surface area contributed by atoms with Crippen molar-refractivity contribution >= 4 is 7.60 Å². The lowest BCUT2D eigenvalue weighted by Gasteiger charge is -2.38. The van der Waals surface area contributed by atoms with E-state index in [2.05, 4.69) is 9.97 Å². The number of nitrogens with zero attached hydrogens (tertiary/aromatic N) is 1. The molecule has 35 heavy (non-hydrogen) atoms. The molecule has 1 fully saturated rings. The number of H-pyrrole nitrogens is 1. The number of aromatic nitrogens is 2. The van der Waals surface area contributed by atoms with Crippen LogP contribution >= 0.6 is 7.60 Å². The number of aromatic amines is 1. The highest BCUT2D eigenvalue weighted by Gasteiger charge is 2.51. The van der Waals surface area contributed by atoms with Gasteiger partial charge in [0.1, 0.15) is 24.1 Å². The SMILES string of the molecule is CCC(C)(C[C@H]1O[C@@H](c2cc3cc(C)c(F)[nH]c-3nc2=O)[C@@H](O)C1O)OP(=O)(O)C(O)(CC)CC. The lowest BCUT2D eigenvalue weighted by atomic mass is 9.92. The number of nitrogens with one attached hydrogen (secondary N) is 1. The van der Waals surface area contributed by atoms with Crippen LogP contribution in [-0.4, -0.2) is 59.4 Å². The highest BCUT2D eigenvalue weighted by molar-refractivity contribution is 7.54. The van der Waals surface area contributed by atoms with Crippen molar-refractivity contribution in [1.82, 2.24) is 9.97 Å². The summed E-state index contributed by atoms with van der Waals surface area (Å²) in [6, 6.07) is 2.92. The second kappa shape index (κ2) is 9.97. The van der Waals surface area contributed by atoms with E-state index in [1.807, 2.05) is 0 Å². The maximum Gasteiger partial charge on any atom is 0.359 e. The number of pyridine rings is 2. The van der Waals surface area contributed by atoms with Crippen LogP contribution < -0.4 is 5.56 Å². The van der Waals surface area contributed by atoms with Crippen LogP contribution in [0.25, 0.3) is 11.4 Å². The molecular formula is C23H34FN2O8P. The Balaban J connectivity index is 1.88. The van der Waals surface area contributed by atoms with Gasteiger partial charge in [-0.3, -0.25) is 9.36 Å². The van der Waals surface area contributed by atoms with Gasteiger partial charge in [-0.1, -0.05) is 20.8 Å². The Hall–Kier alpha value is -1.72. The summed E-state index contributed by atoms with van der Waals surface area (Å²) in [5.74, 6) is -0.584. The van der Waals surface area contributed by atoms with Gasteiger partial charge in [0.05, 0.1) is 17.3 Å². The molecule has 10 nitrogen and oxygen atoms in total. The minimum Gasteiger partial charge on any atom is -0.388 e. The van der Waals surface area contributed by atoms with Gasteiger partial charge in [-0.05, 0) is 45.2 Å². The molecule has 0 bridgehead atoms. The molecule has 5 N–H and O–H groups in total. The summed E-state index contributed by atoms with van der Waals surface area (Å²) in [5.41, 5.74) is -1.33. The second-order valence-corrected chi connectivity index (χ2v) is 11.5. The Morgan fingerprint density at radius 3 is 2.40 bits per heavy atom. The van der Waals surface area contributed by atoms with Crippen LogP contribution in [0.15, 0.2) is 16.9 Å². The lowest BCUT2D eigenvalue weighted by molar-refractivity contribution is -0.0545. The summed E-state index contributed by atoms with van der Waals surface area (Å²) in [5, 5.41) is 30.0. The Morgan fingerprint density at radius 2 is 1.83 bits per heavy atom. The van der Waals surface area contributed by atoms with E-state index in [0.717, 1.165) is 0 Å². The maximum atomic E-state index is 13.8. The lowest BCUT2D eigenvalue weighted by Crippen LogP contribution is -2.40. The summed E-state index contributed by atoms with van der Waals surface area (Å²) in [7, 11) is -4.50. The first-order chi connectivity index (χ1) is 16.2. The topological polar surface area (TPSA) is 162 Å². The van der Waals surface area contributed by atoms with Crippen LogP contribution in [0, 0.1) is 12.9 Å². The molecule has 3 aliphatic heterocycles. The molecule has 6 atom stereocenters. The zero-order valence-electron chi connectivity index (χ0n) is 20.5. The van der Waals surface area contributed by atoms with Crippen molar-refractivity contribution in [3.63, 3.8) is 0 Å². The normalized spacial score (nSPS) is 26.6. The second-order valence-electron chi connectivity index (χ2n) is 9.47. The third kappa shape index (κ3) is 5.22. The van der Waals surface area contributed by atoms with Gasteiger partial charge in [0, 0.05) is 17.5 Å². The van der Waals surface area contributed by atoms with E-state index in [4.69, 9.17) is 9.26 Å². The molecule has 3 aliphatic rings. The minimum absolute atomic E-state index is 0.00244. The first kappa shape index (κ1) is 27.9. The summed E-state index contributed by atoms with van der Waals surface area (Å²) < 4.78 is 38.2. The molecule has 12 heteroatoms. The van der Waals surface area contributed by atoms with E-state index in [0.29, 0.717) is 11.1 Å². The average Bonchev–Trinajstić information content (AvgIpc) is 3.06. The van der Waals surface area contributed by atoms with Gasteiger partial charge < -0.3 is 34.5 Å². The molecule has 3 heterocycles. The molecule has 0 aliphatic carbocycles. The molecule has 0 saturated carbocycles. The predicted octanol–water partition coefficient (Wildman–Crippen LogP) is 2.75. The molecular weight excluding hydrogens is 482 g/mol. The molecule has 0 radical (unpaired) electrons. The molecule has 0 aromatic rings. The Labute approximate surface area is 203 Å². The van der Waals surface area contributed by atoms with Crippen molar-refractivity contribution in [2.75, 3.05) is 0 Å². The molecule has 3 unspecified atom stereocenters. The molecule has 1 saturated heterocycles. The molecule has 0 amide bonds. The molecule has 0 aromatic heterocycles. The number of hydrogen-bond donors (Lipinski definition) is 5. The van der Waals surface area contributed by atoms with Crippen molar-refractivity contribution in [1.29, 1.82) is 0 Å². The van der Waals surface area contributed by atoms with E-state index >= 15 is 0 Å². The number of rotatable bonds is 9. The summed E-state index contributed by atoms with van der Waals surface area (Å²) in [6.07, 6.45) is -5.05. The fourth-order valence-corrected chi connectivity index (χ4v) is 6.09. The largest absolute Gasteiger partial charge is 0.388 e. The van der Waals surface area contributed by atoms with Crippen LogP contribution in [0.2, 0.25) is 0 Å². The van der Waals surface area contributed by atoms with Gasteiger partial charge in [0.2, 0.25) is 0 Å². The van der Waals surface area contributed by atoms with Crippen molar-refractivity contribution in [2.24, 2.45) is 0 Å². The van der Waals surface area contributed by atoms with Gasteiger partial charge in [0.15, 0.2) is 11.3 Å². The Kier molecular flexibility index (Phi) is 7.94. The maximum absolute atomic E-state index is 13.8. The minimum atomic E-state index is -4.50. The molecule has 0 aromatic carbocycles. The van der Waals surface area contributed by atoms with Gasteiger partial charge in [-0.25, -0.2) is 0 Å². The van der Waals surface area contributed by atoms with Crippen molar-refractivity contribution in [3.05, 3.63) is 39.6 Å². The fourth-order valence-electron chi connectivity index (χ4n) is 4.32. The zero-order valence-corrected chi connectivity index (χ0v) is 21.4. The van der Waals surface area contributed by atoms with E-state index in [1.165, 1.54) is 12.1 Å². The number of aliphatic hydroxyl groups is 3. The number of aryl methyl sites for hydroxylation is 1. The highest BCUT2D eigenvalue weighted by atomic mass is 31.2. The van der Waals surface area contributed by atoms with Gasteiger partial charge in [-0.15, -0.1) is 0 Å². The third-order valence-corrected chi connectivity index (χ3v) is 9.42. The predicted molar refractivity (Wildman–Crippen MR) is 126 cm³/mol. The molecule has 3 rings (SSSR count). The number of halogens is 1. The van der Waals surface area contributed by atoms with E-state index in [-0.39, 0.29) is 37.1 Å². The van der Waals surface area contributed by atoms with Gasteiger partial charge >= 0.3 is 7.60 Å². The third-order valence-electron chi connectivity index (χ3n) is 7.04. The highest BCUT2D eigenvalue weighted by Crippen LogP contribution is 2.60. The molecule has 0 spiro atoms. The summed E-state index contributed by atoms with van der Waals surface area (Å²) >= 11 is 0. The van der Waals surface area contributed by atoms with E-state index in [1.54, 1.807) is 34.6 Å². The summed E-state index contributed by atoms with van der Waals surface area (Å²) in [4.78, 5) is 29.4. The van der Waals surface area contributed by atoms with Crippen LogP contribution in [0.4, 0.5) is 4.39 Å². The summed E-state index contributed by atoms with van der Waals surface area (Å²) in [6.45, 7) is 7.97. The Morgan fingerprint density at radius 1 is 1.20 bits per heavy atom. The number of ether oxygens (including phenoxy) is 1. The van der Waals surface area contributed by atoms with Crippen molar-refractivity contribution in [3.8, 4) is 11.4 Å². The van der Waals surface area contributed by atoms with Gasteiger partial charge in [0.25, 0.3) is 5.56 Å². The average molecular weight is 517 g/mol. The van der Waals surface area contributed by atoms with Crippen LogP contribution in [0.3, 0.4) is 0 Å². The quantitative estimate of drug-likeness (QED) is 0.249. The first-order valence-electron chi connectivity index (χ1n) is 11.7. The van der Waals surface area contributed by atoms with Gasteiger partial charge in [-0.2, -0.15) is 9.37 Å². The first-order valence-corrected chi connectivity index (χ1v) is 13.3. The number of fused-ring (bicyclic) bond motifs is 1. The van der Waals surface area contributed by atoms with Crippen molar-refractivity contribution in [2.45, 2.75) is 95.7 Å². The van der Waals surface area contributed by atoms with Crippen LogP contribution in [0.1, 0.15) is 70.6 Å². The zero-order chi connectivity index (χ0) is 26.3. The standard InChI is InChI=1S/C23H34FN2O8P/c1-6-22(5,34-35(31,32)23(30,7-2)8-3)11-15-16(27)17(28)18(33-15)14-10-13-9-12(4)19(24)25-20(13)26-21(14)29/h9-10,15-18,27-28,30H,6-8,11H2,1-5H3,(H,31,32)(H,25,26,29)/t15-,16?,17+,18+,22?/m1/s1. The smallest absolute Gasteiger partial charge is 0.359 e. The van der Waals surface area contributed by atoms with E-state index in [9.17, 15) is 34.0 Å². The molecule has 196 valence electrons. The monoisotopic (exact) mass is 516 g/mol. The van der Waals surface area contributed by atoms with E-state index < -0.39 is 54.5 Å². The Bertz CT molecular complexity index is 1140. The number of hydrogen-bond acceptors (Lipinski definition) is 8. The van der Waals surface area contributed by atoms with Crippen molar-refractivity contribution < 1.29 is 38.4 Å². The van der Waals surface area contributed by atoms with Crippen LogP contribution in [0.5, 0.6) is 0 Å². The fraction of sp³-hybridized carbons (Fsp3) is 0.652.